The topological polar surface area (TPSA) is 147 Å². The molecule has 4 aliphatic rings. The first-order valence-corrected chi connectivity index (χ1v) is 15.0. The van der Waals surface area contributed by atoms with Crippen LogP contribution in [0.15, 0.2) is 11.6 Å². The van der Waals surface area contributed by atoms with Crippen LogP contribution < -0.4 is 5.32 Å². The van der Waals surface area contributed by atoms with E-state index >= 15 is 0 Å². The summed E-state index contributed by atoms with van der Waals surface area (Å²) in [7, 11) is 0. The Balaban J connectivity index is 1.25. The lowest BCUT2D eigenvalue weighted by atomic mass is 9.46. The fraction of sp³-hybridized carbons (Fsp3) is 0.774. The van der Waals surface area contributed by atoms with Crippen LogP contribution in [0.1, 0.15) is 104 Å². The normalized spacial score (nSPS) is 34.6. The van der Waals surface area contributed by atoms with Crippen LogP contribution in [-0.4, -0.2) is 58.4 Å². The molecule has 3 fully saturated rings. The molecule has 9 nitrogen and oxygen atoms in total. The summed E-state index contributed by atoms with van der Waals surface area (Å²) in [5.41, 5.74) is -0.815. The smallest absolute Gasteiger partial charge is 0.306 e. The molecule has 0 spiro atoms. The van der Waals surface area contributed by atoms with E-state index in [-0.39, 0.29) is 42.3 Å². The van der Waals surface area contributed by atoms with Gasteiger partial charge in [-0.05, 0) is 87.0 Å². The van der Waals surface area contributed by atoms with Crippen molar-refractivity contribution in [2.24, 2.45) is 28.6 Å². The zero-order chi connectivity index (χ0) is 29.1. The van der Waals surface area contributed by atoms with E-state index in [2.05, 4.69) is 12.2 Å². The fourth-order valence-electron chi connectivity index (χ4n) is 8.48. The molecule has 4 aliphatic carbocycles. The van der Waals surface area contributed by atoms with Gasteiger partial charge in [0.1, 0.15) is 5.60 Å². The van der Waals surface area contributed by atoms with Gasteiger partial charge in [0.05, 0.1) is 6.42 Å². The number of ether oxygens (including phenoxy) is 1. The van der Waals surface area contributed by atoms with Crippen molar-refractivity contribution in [3.63, 3.8) is 0 Å². The number of amides is 1. The van der Waals surface area contributed by atoms with E-state index in [0.29, 0.717) is 50.5 Å². The van der Waals surface area contributed by atoms with Gasteiger partial charge in [-0.3, -0.25) is 24.0 Å². The Labute approximate surface area is 236 Å². The highest BCUT2D eigenvalue weighted by Gasteiger charge is 2.66. The second-order valence-electron chi connectivity index (χ2n) is 13.0. The highest BCUT2D eigenvalue weighted by Crippen LogP contribution is 2.67. The Kier molecular flexibility index (Phi) is 9.22. The van der Waals surface area contributed by atoms with Crippen molar-refractivity contribution in [3.8, 4) is 0 Å². The van der Waals surface area contributed by atoms with Crippen molar-refractivity contribution in [1.82, 2.24) is 5.32 Å². The maximum Gasteiger partial charge on any atom is 0.306 e. The van der Waals surface area contributed by atoms with Crippen LogP contribution in [0, 0.1) is 28.6 Å². The summed E-state index contributed by atoms with van der Waals surface area (Å²) in [6, 6.07) is 0. The number of allylic oxidation sites excluding steroid dienone is 1. The van der Waals surface area contributed by atoms with Crippen molar-refractivity contribution in [2.45, 2.75) is 109 Å². The number of aliphatic carboxylic acids is 1. The molecule has 6 atom stereocenters. The molecule has 0 radical (unpaired) electrons. The molecule has 222 valence electrons. The highest BCUT2D eigenvalue weighted by atomic mass is 16.5. The van der Waals surface area contributed by atoms with Gasteiger partial charge in [0.15, 0.2) is 12.4 Å². The summed E-state index contributed by atoms with van der Waals surface area (Å²) in [4.78, 5) is 60.2. The van der Waals surface area contributed by atoms with E-state index in [0.717, 1.165) is 38.5 Å². The number of unbranched alkanes of at least 4 members (excludes halogenated alkanes) is 2. The number of carbonyl (C=O) groups is 5. The van der Waals surface area contributed by atoms with E-state index in [1.54, 1.807) is 0 Å². The third-order valence-electron chi connectivity index (χ3n) is 10.9. The number of hydrogen-bond acceptors (Lipinski definition) is 7. The number of hydrogen-bond donors (Lipinski definition) is 3. The maximum absolute atomic E-state index is 13.3. The van der Waals surface area contributed by atoms with Crippen LogP contribution in [0.4, 0.5) is 0 Å². The van der Waals surface area contributed by atoms with Gasteiger partial charge in [-0.2, -0.15) is 0 Å². The number of ketones is 2. The minimum Gasteiger partial charge on any atom is -0.481 e. The highest BCUT2D eigenvalue weighted by molar-refractivity contribution is 5.92. The Hall–Kier alpha value is -2.55. The molecule has 0 aromatic heterocycles. The monoisotopic (exact) mass is 559 g/mol. The van der Waals surface area contributed by atoms with Crippen molar-refractivity contribution < 1.29 is 38.9 Å². The number of fused-ring (bicyclic) bond motifs is 5. The van der Waals surface area contributed by atoms with E-state index < -0.39 is 35.3 Å². The van der Waals surface area contributed by atoms with Crippen LogP contribution in [0.25, 0.3) is 0 Å². The lowest BCUT2D eigenvalue weighted by Gasteiger charge is -2.58. The van der Waals surface area contributed by atoms with Gasteiger partial charge in [-0.1, -0.05) is 25.8 Å². The lowest BCUT2D eigenvalue weighted by molar-refractivity contribution is -0.170. The molecular formula is C31H45NO8. The summed E-state index contributed by atoms with van der Waals surface area (Å²) in [5, 5.41) is 23.1. The number of Topliss-reactive ketones (excluding diaryl/α,β-unsaturated/α-hetero) is 1. The summed E-state index contributed by atoms with van der Waals surface area (Å²) in [6.45, 7) is 4.25. The predicted octanol–water partition coefficient (Wildman–Crippen LogP) is 3.90. The lowest BCUT2D eigenvalue weighted by Crippen LogP contribution is -2.58. The van der Waals surface area contributed by atoms with Gasteiger partial charge >= 0.3 is 11.9 Å². The number of carboxylic acid groups (broad SMARTS) is 1. The minimum atomic E-state index is -1.54. The van der Waals surface area contributed by atoms with Crippen molar-refractivity contribution in [2.75, 3.05) is 13.2 Å². The van der Waals surface area contributed by atoms with E-state index in [1.807, 2.05) is 13.0 Å². The molecule has 4 rings (SSSR count). The van der Waals surface area contributed by atoms with Crippen molar-refractivity contribution >= 4 is 29.4 Å². The summed E-state index contributed by atoms with van der Waals surface area (Å²) >= 11 is 0. The Morgan fingerprint density at radius 2 is 1.70 bits per heavy atom. The van der Waals surface area contributed by atoms with Crippen LogP contribution in [0.3, 0.4) is 0 Å². The quantitative estimate of drug-likeness (QED) is 0.241. The fourth-order valence-corrected chi connectivity index (χ4v) is 8.48. The van der Waals surface area contributed by atoms with Crippen LogP contribution in [-0.2, 0) is 28.7 Å². The SMILES string of the molecule is C[C@]12CCC(=O)C=C1CC[C@H]1[C@H]3CC[C@](O)(C(=O)COC(=O)CCC(=O)NCCCCCC(=O)O)[C@@]3(C)CC[C@@H]12. The molecule has 0 unspecified atom stereocenters. The van der Waals surface area contributed by atoms with Gasteiger partial charge in [0, 0.05) is 31.2 Å². The molecule has 0 heterocycles. The third-order valence-corrected chi connectivity index (χ3v) is 10.9. The second-order valence-corrected chi connectivity index (χ2v) is 13.0. The number of rotatable bonds is 12. The first-order chi connectivity index (χ1) is 18.9. The summed E-state index contributed by atoms with van der Waals surface area (Å²) < 4.78 is 5.22. The molecule has 0 aliphatic heterocycles. The first kappa shape index (κ1) is 30.4. The molecule has 0 bridgehead atoms. The number of carbonyl (C=O) groups excluding carboxylic acids is 4. The Bertz CT molecular complexity index is 1070. The van der Waals surface area contributed by atoms with Gasteiger partial charge in [0.2, 0.25) is 11.7 Å². The average molecular weight is 560 g/mol. The molecule has 1 amide bonds. The van der Waals surface area contributed by atoms with Gasteiger partial charge in [-0.15, -0.1) is 0 Å². The van der Waals surface area contributed by atoms with Crippen molar-refractivity contribution in [1.29, 1.82) is 0 Å². The second kappa shape index (κ2) is 12.1. The number of nitrogens with one attached hydrogen (secondary N) is 1. The molecule has 0 aromatic carbocycles. The number of esters is 1. The average Bonchev–Trinajstić information content (AvgIpc) is 3.19. The van der Waals surface area contributed by atoms with Crippen molar-refractivity contribution in [3.05, 3.63) is 11.6 Å². The zero-order valence-corrected chi connectivity index (χ0v) is 24.0. The number of aliphatic hydroxyl groups is 1. The molecule has 0 aromatic rings. The van der Waals surface area contributed by atoms with Crippen LogP contribution in [0.2, 0.25) is 0 Å². The molecule has 3 N–H and O–H groups in total. The predicted molar refractivity (Wildman–Crippen MR) is 146 cm³/mol. The van der Waals surface area contributed by atoms with Crippen LogP contribution >= 0.6 is 0 Å². The minimum absolute atomic E-state index is 0.0189. The largest absolute Gasteiger partial charge is 0.481 e. The standard InChI is InChI=1S/C31H45NO8/c1-29-14-11-21(33)18-20(29)7-8-22-23(29)12-15-30(2)24(22)13-16-31(30,39)25(34)19-40-28(38)10-9-26(35)32-17-5-3-4-6-27(36)37/h18,22-24,39H,3-17,19H2,1-2H3,(H,32,35)(H,36,37)/t22-,23+,24-,29+,30+,31+/m1/s1. The van der Waals surface area contributed by atoms with Gasteiger partial charge in [-0.25, -0.2) is 0 Å². The van der Waals surface area contributed by atoms with Gasteiger partial charge < -0.3 is 20.3 Å². The maximum atomic E-state index is 13.3. The molecular weight excluding hydrogens is 514 g/mol. The van der Waals surface area contributed by atoms with Crippen LogP contribution in [0.5, 0.6) is 0 Å². The van der Waals surface area contributed by atoms with Gasteiger partial charge in [0.25, 0.3) is 0 Å². The zero-order valence-electron chi connectivity index (χ0n) is 24.0. The summed E-state index contributed by atoms with van der Waals surface area (Å²) in [5.74, 6) is -0.962. The third kappa shape index (κ3) is 5.90. The Morgan fingerprint density at radius 1 is 0.950 bits per heavy atom. The van der Waals surface area contributed by atoms with E-state index in [1.165, 1.54) is 5.57 Å². The number of carboxylic acids is 1. The molecule has 40 heavy (non-hydrogen) atoms. The molecule has 9 heteroatoms. The first-order valence-electron chi connectivity index (χ1n) is 15.0. The van der Waals surface area contributed by atoms with E-state index in [4.69, 9.17) is 9.84 Å². The Morgan fingerprint density at radius 3 is 2.45 bits per heavy atom. The van der Waals surface area contributed by atoms with E-state index in [9.17, 15) is 29.1 Å². The molecule has 3 saturated carbocycles. The molecule has 0 saturated heterocycles. The summed E-state index contributed by atoms with van der Waals surface area (Å²) in [6.07, 6.45) is 9.79.